The van der Waals surface area contributed by atoms with Crippen molar-refractivity contribution in [1.29, 1.82) is 0 Å². The molecule has 1 aromatic heterocycles. The molecule has 0 saturated heterocycles. The minimum atomic E-state index is -4.66. The summed E-state index contributed by atoms with van der Waals surface area (Å²) in [6, 6.07) is 8.51. The van der Waals surface area contributed by atoms with Crippen LogP contribution in [0.15, 0.2) is 48.8 Å². The lowest BCUT2D eigenvalue weighted by atomic mass is 10.2. The highest BCUT2D eigenvalue weighted by Gasteiger charge is 2.31. The van der Waals surface area contributed by atoms with E-state index in [9.17, 15) is 28.1 Å². The Hall–Kier alpha value is -3.64. The fourth-order valence-electron chi connectivity index (χ4n) is 2.49. The van der Waals surface area contributed by atoms with Crippen molar-refractivity contribution in [2.75, 3.05) is 10.7 Å². The SMILES string of the molecule is O=C(NNc1ncnc(Nc2cc(C(F)(F)F)ccc2Cl)c1[N+](=O)[O-])c1ccccc1Cl. The smallest absolute Gasteiger partial charge is 0.333 e. The zero-order valence-corrected chi connectivity index (χ0v) is 17.1. The first-order chi connectivity index (χ1) is 15.1. The van der Waals surface area contributed by atoms with Crippen molar-refractivity contribution in [3.8, 4) is 0 Å². The highest BCUT2D eigenvalue weighted by atomic mass is 35.5. The Kier molecular flexibility index (Phi) is 6.65. The van der Waals surface area contributed by atoms with Crippen molar-refractivity contribution in [3.63, 3.8) is 0 Å². The van der Waals surface area contributed by atoms with E-state index in [0.29, 0.717) is 6.07 Å². The maximum atomic E-state index is 13.0. The summed E-state index contributed by atoms with van der Waals surface area (Å²) in [6.45, 7) is 0. The van der Waals surface area contributed by atoms with Gasteiger partial charge in [-0.2, -0.15) is 13.2 Å². The number of hydrogen-bond donors (Lipinski definition) is 3. The Labute approximate surface area is 187 Å². The number of hydrazine groups is 1. The third-order valence-electron chi connectivity index (χ3n) is 3.96. The first-order valence-electron chi connectivity index (χ1n) is 8.52. The summed E-state index contributed by atoms with van der Waals surface area (Å²) in [5, 5.41) is 14.0. The second-order valence-electron chi connectivity index (χ2n) is 6.05. The van der Waals surface area contributed by atoms with E-state index in [-0.39, 0.29) is 21.3 Å². The van der Waals surface area contributed by atoms with Gasteiger partial charge in [0.05, 0.1) is 31.8 Å². The van der Waals surface area contributed by atoms with Crippen molar-refractivity contribution in [2.24, 2.45) is 0 Å². The van der Waals surface area contributed by atoms with Gasteiger partial charge in [-0.3, -0.25) is 25.8 Å². The molecule has 32 heavy (non-hydrogen) atoms. The number of alkyl halides is 3. The molecule has 1 heterocycles. The molecule has 1 amide bonds. The Bertz CT molecular complexity index is 1190. The highest BCUT2D eigenvalue weighted by molar-refractivity contribution is 6.34. The van der Waals surface area contributed by atoms with E-state index in [4.69, 9.17) is 23.2 Å². The highest BCUT2D eigenvalue weighted by Crippen LogP contribution is 2.37. The van der Waals surface area contributed by atoms with Gasteiger partial charge in [0, 0.05) is 0 Å². The molecule has 9 nitrogen and oxygen atoms in total. The molecule has 0 atom stereocenters. The van der Waals surface area contributed by atoms with Crippen molar-refractivity contribution in [1.82, 2.24) is 15.4 Å². The molecule has 3 aromatic rings. The van der Waals surface area contributed by atoms with Crippen LogP contribution in [-0.2, 0) is 6.18 Å². The van der Waals surface area contributed by atoms with Gasteiger partial charge in [0.2, 0.25) is 11.6 Å². The van der Waals surface area contributed by atoms with Crippen LogP contribution in [-0.4, -0.2) is 20.8 Å². The average molecular weight is 487 g/mol. The van der Waals surface area contributed by atoms with Gasteiger partial charge in [-0.1, -0.05) is 35.3 Å². The van der Waals surface area contributed by atoms with Gasteiger partial charge >= 0.3 is 11.9 Å². The maximum Gasteiger partial charge on any atom is 0.416 e. The Balaban J connectivity index is 1.90. The Morgan fingerprint density at radius 1 is 1.03 bits per heavy atom. The number of benzene rings is 2. The van der Waals surface area contributed by atoms with E-state index in [0.717, 1.165) is 18.5 Å². The molecule has 2 aromatic carbocycles. The topological polar surface area (TPSA) is 122 Å². The quantitative estimate of drug-likeness (QED) is 0.322. The van der Waals surface area contributed by atoms with Gasteiger partial charge in [0.25, 0.3) is 5.91 Å². The summed E-state index contributed by atoms with van der Waals surface area (Å²) in [6.07, 6.45) is -3.75. The molecule has 0 fully saturated rings. The van der Waals surface area contributed by atoms with E-state index in [1.165, 1.54) is 12.1 Å². The number of carbonyl (C=O) groups is 1. The predicted molar refractivity (Wildman–Crippen MR) is 111 cm³/mol. The summed E-state index contributed by atoms with van der Waals surface area (Å²) in [5.41, 5.74) is 2.55. The summed E-state index contributed by atoms with van der Waals surface area (Å²) in [5.74, 6) is -1.60. The molecule has 3 rings (SSSR count). The summed E-state index contributed by atoms with van der Waals surface area (Å²) >= 11 is 11.9. The van der Waals surface area contributed by atoms with Crippen molar-refractivity contribution >= 4 is 52.1 Å². The zero-order valence-electron chi connectivity index (χ0n) is 15.6. The fraction of sp³-hybridized carbons (Fsp3) is 0.0556. The standard InChI is InChI=1S/C18H11Cl2F3N6O3/c19-11-4-2-1-3-10(11)17(30)28-27-16-14(29(31)32)15(24-8-25-16)26-13-7-9(18(21,22)23)5-6-12(13)20/h1-8H,(H,28,30)(H2,24,25,26,27). The van der Waals surface area contributed by atoms with E-state index in [1.807, 2.05) is 0 Å². The van der Waals surface area contributed by atoms with Gasteiger partial charge in [-0.05, 0) is 30.3 Å². The molecular formula is C18H11Cl2F3N6O3. The Morgan fingerprint density at radius 3 is 2.38 bits per heavy atom. The third-order valence-corrected chi connectivity index (χ3v) is 4.62. The maximum absolute atomic E-state index is 13.0. The number of aromatic nitrogens is 2. The largest absolute Gasteiger partial charge is 0.416 e. The summed E-state index contributed by atoms with van der Waals surface area (Å²) in [7, 11) is 0. The monoisotopic (exact) mass is 486 g/mol. The van der Waals surface area contributed by atoms with Crippen LogP contribution >= 0.6 is 23.2 Å². The number of carbonyl (C=O) groups excluding carboxylic acids is 1. The lowest BCUT2D eigenvalue weighted by Gasteiger charge is -2.13. The number of hydrogen-bond acceptors (Lipinski definition) is 7. The van der Waals surface area contributed by atoms with E-state index in [2.05, 4.69) is 26.1 Å². The first-order valence-corrected chi connectivity index (χ1v) is 9.27. The molecule has 0 saturated carbocycles. The minimum Gasteiger partial charge on any atom is -0.333 e. The van der Waals surface area contributed by atoms with Gasteiger partial charge in [0.1, 0.15) is 6.33 Å². The molecule has 0 bridgehead atoms. The van der Waals surface area contributed by atoms with Gasteiger partial charge < -0.3 is 5.32 Å². The summed E-state index contributed by atoms with van der Waals surface area (Å²) in [4.78, 5) is 30.4. The molecular weight excluding hydrogens is 476 g/mol. The van der Waals surface area contributed by atoms with Crippen molar-refractivity contribution in [2.45, 2.75) is 6.18 Å². The van der Waals surface area contributed by atoms with Crippen LogP contribution in [0.1, 0.15) is 15.9 Å². The molecule has 0 spiro atoms. The number of nitrogens with zero attached hydrogens (tertiary/aromatic N) is 3. The second-order valence-corrected chi connectivity index (χ2v) is 6.87. The van der Waals surface area contributed by atoms with Crippen LogP contribution in [0.2, 0.25) is 10.0 Å². The van der Waals surface area contributed by atoms with Gasteiger partial charge in [-0.25, -0.2) is 9.97 Å². The van der Waals surface area contributed by atoms with Crippen molar-refractivity contribution < 1.29 is 22.9 Å². The van der Waals surface area contributed by atoms with Crippen LogP contribution in [0.3, 0.4) is 0 Å². The average Bonchev–Trinajstić information content (AvgIpc) is 2.73. The predicted octanol–water partition coefficient (Wildman–Crippen LogP) is 5.21. The normalized spacial score (nSPS) is 11.0. The van der Waals surface area contributed by atoms with Crippen LogP contribution < -0.4 is 16.2 Å². The number of nitro groups is 1. The lowest BCUT2D eigenvalue weighted by Crippen LogP contribution is -2.30. The number of halogens is 5. The van der Waals surface area contributed by atoms with Crippen LogP contribution in [0.5, 0.6) is 0 Å². The summed E-state index contributed by atoms with van der Waals surface area (Å²) < 4.78 is 39.0. The molecule has 14 heteroatoms. The zero-order chi connectivity index (χ0) is 23.5. The Morgan fingerprint density at radius 2 is 1.72 bits per heavy atom. The molecule has 0 aliphatic rings. The van der Waals surface area contributed by atoms with Crippen LogP contribution in [0.4, 0.5) is 36.2 Å². The first kappa shape index (κ1) is 23.0. The molecule has 0 radical (unpaired) electrons. The number of amides is 1. The second kappa shape index (κ2) is 9.24. The van der Waals surface area contributed by atoms with Crippen LogP contribution in [0, 0.1) is 10.1 Å². The molecule has 0 aliphatic carbocycles. The van der Waals surface area contributed by atoms with E-state index in [1.54, 1.807) is 12.1 Å². The number of rotatable bonds is 6. The van der Waals surface area contributed by atoms with Gasteiger partial charge in [0.15, 0.2) is 0 Å². The molecule has 0 unspecified atom stereocenters. The van der Waals surface area contributed by atoms with Crippen LogP contribution in [0.25, 0.3) is 0 Å². The van der Waals surface area contributed by atoms with E-state index < -0.39 is 39.9 Å². The molecule has 166 valence electrons. The van der Waals surface area contributed by atoms with E-state index >= 15 is 0 Å². The minimum absolute atomic E-state index is 0.0903. The number of nitrogens with one attached hydrogen (secondary N) is 3. The van der Waals surface area contributed by atoms with Gasteiger partial charge in [-0.15, -0.1) is 0 Å². The molecule has 3 N–H and O–H groups in total. The molecule has 0 aliphatic heterocycles. The lowest BCUT2D eigenvalue weighted by molar-refractivity contribution is -0.383. The number of anilines is 3. The van der Waals surface area contributed by atoms with Crippen molar-refractivity contribution in [3.05, 3.63) is 80.1 Å². The fourth-order valence-corrected chi connectivity index (χ4v) is 2.87. The third kappa shape index (κ3) is 5.15.